The highest BCUT2D eigenvalue weighted by Crippen LogP contribution is 2.25. The zero-order valence-electron chi connectivity index (χ0n) is 10.8. The van der Waals surface area contributed by atoms with Gasteiger partial charge in [0, 0.05) is 0 Å². The third-order valence-electron chi connectivity index (χ3n) is 3.18. The first kappa shape index (κ1) is 14.1. The third-order valence-corrected chi connectivity index (χ3v) is 3.18. The van der Waals surface area contributed by atoms with E-state index in [0.29, 0.717) is 6.42 Å². The number of hydrogen-bond donors (Lipinski definition) is 2. The maximum Gasteiger partial charge on any atom is 0.303 e. The molecule has 0 fully saturated rings. The van der Waals surface area contributed by atoms with E-state index >= 15 is 0 Å². The fourth-order valence-corrected chi connectivity index (χ4v) is 2.17. The van der Waals surface area contributed by atoms with Crippen LogP contribution in [0.1, 0.15) is 23.5 Å². The van der Waals surface area contributed by atoms with Gasteiger partial charge in [-0.25, -0.2) is 4.39 Å². The summed E-state index contributed by atoms with van der Waals surface area (Å²) in [5.41, 5.74) is 1.72. The zero-order chi connectivity index (χ0) is 14.5. The topological polar surface area (TPSA) is 57.5 Å². The van der Waals surface area contributed by atoms with E-state index in [9.17, 15) is 14.3 Å². The van der Waals surface area contributed by atoms with Crippen molar-refractivity contribution < 1.29 is 19.4 Å². The van der Waals surface area contributed by atoms with Gasteiger partial charge < -0.3 is 10.2 Å². The van der Waals surface area contributed by atoms with E-state index in [4.69, 9.17) is 5.11 Å². The van der Waals surface area contributed by atoms with E-state index in [0.717, 1.165) is 11.1 Å². The molecule has 4 heteroatoms. The van der Waals surface area contributed by atoms with Crippen LogP contribution in [0.3, 0.4) is 0 Å². The second kappa shape index (κ2) is 6.19. The minimum Gasteiger partial charge on any atom is -0.508 e. The molecule has 0 bridgehead atoms. The van der Waals surface area contributed by atoms with Crippen LogP contribution in [0.4, 0.5) is 4.39 Å². The van der Waals surface area contributed by atoms with Crippen LogP contribution >= 0.6 is 0 Å². The average Bonchev–Trinajstić information content (AvgIpc) is 2.41. The normalized spacial score (nSPS) is 12.1. The van der Waals surface area contributed by atoms with Gasteiger partial charge in [-0.1, -0.05) is 24.3 Å². The molecular weight excluding hydrogens is 259 g/mol. The van der Waals surface area contributed by atoms with Crippen molar-refractivity contribution in [3.8, 4) is 5.75 Å². The molecule has 0 saturated carbocycles. The van der Waals surface area contributed by atoms with Crippen LogP contribution in [0, 0.1) is 5.82 Å². The largest absolute Gasteiger partial charge is 0.508 e. The first-order chi connectivity index (χ1) is 9.54. The molecule has 2 aromatic rings. The van der Waals surface area contributed by atoms with Crippen LogP contribution in [0.15, 0.2) is 48.5 Å². The number of phenols is 1. The number of benzene rings is 2. The lowest BCUT2D eigenvalue weighted by atomic mass is 9.89. The number of hydrogen-bond acceptors (Lipinski definition) is 2. The highest BCUT2D eigenvalue weighted by atomic mass is 19.1. The average molecular weight is 274 g/mol. The standard InChI is InChI=1S/C16H15FO3/c17-14-5-3-12(4-6-14)13(10-16(19)20)9-11-1-7-15(18)8-2-11/h1-8,13,18H,9-10H2,(H,19,20). The van der Waals surface area contributed by atoms with Crippen LogP contribution < -0.4 is 0 Å². The number of rotatable bonds is 5. The van der Waals surface area contributed by atoms with Crippen molar-refractivity contribution in [3.63, 3.8) is 0 Å². The molecule has 0 aliphatic carbocycles. The quantitative estimate of drug-likeness (QED) is 0.879. The molecule has 0 aliphatic heterocycles. The zero-order valence-corrected chi connectivity index (χ0v) is 10.8. The molecule has 20 heavy (non-hydrogen) atoms. The molecule has 104 valence electrons. The predicted molar refractivity (Wildman–Crippen MR) is 73.2 cm³/mol. The van der Waals surface area contributed by atoms with Gasteiger partial charge in [-0.05, 0) is 47.7 Å². The number of carboxylic acids is 1. The molecule has 2 aromatic carbocycles. The van der Waals surface area contributed by atoms with Crippen molar-refractivity contribution in [2.45, 2.75) is 18.8 Å². The van der Waals surface area contributed by atoms with Gasteiger partial charge in [0.25, 0.3) is 0 Å². The number of carboxylic acid groups (broad SMARTS) is 1. The minimum absolute atomic E-state index is 0.0213. The van der Waals surface area contributed by atoms with Gasteiger partial charge in [-0.3, -0.25) is 4.79 Å². The van der Waals surface area contributed by atoms with Crippen molar-refractivity contribution in [2.75, 3.05) is 0 Å². The number of halogens is 1. The van der Waals surface area contributed by atoms with Crippen molar-refractivity contribution in [2.24, 2.45) is 0 Å². The van der Waals surface area contributed by atoms with Crippen molar-refractivity contribution in [1.82, 2.24) is 0 Å². The van der Waals surface area contributed by atoms with Crippen LogP contribution in [0.2, 0.25) is 0 Å². The minimum atomic E-state index is -0.891. The SMILES string of the molecule is O=C(O)CC(Cc1ccc(O)cc1)c1ccc(F)cc1. The Morgan fingerprint density at radius 2 is 1.65 bits per heavy atom. The van der Waals surface area contributed by atoms with Crippen molar-refractivity contribution in [3.05, 3.63) is 65.5 Å². The van der Waals surface area contributed by atoms with E-state index in [1.165, 1.54) is 12.1 Å². The van der Waals surface area contributed by atoms with E-state index in [1.807, 2.05) is 0 Å². The first-order valence-electron chi connectivity index (χ1n) is 6.30. The van der Waals surface area contributed by atoms with Crippen LogP contribution in [-0.2, 0) is 11.2 Å². The highest BCUT2D eigenvalue weighted by molar-refractivity contribution is 5.68. The summed E-state index contributed by atoms with van der Waals surface area (Å²) in [5, 5.41) is 18.3. The lowest BCUT2D eigenvalue weighted by Crippen LogP contribution is -2.09. The number of carbonyl (C=O) groups is 1. The van der Waals surface area contributed by atoms with Gasteiger partial charge in [0.2, 0.25) is 0 Å². The summed E-state index contributed by atoms with van der Waals surface area (Å²) in [7, 11) is 0. The van der Waals surface area contributed by atoms with E-state index in [1.54, 1.807) is 36.4 Å². The Bertz CT molecular complexity index is 576. The lowest BCUT2D eigenvalue weighted by molar-refractivity contribution is -0.137. The number of aliphatic carboxylic acids is 1. The van der Waals surface area contributed by atoms with Crippen molar-refractivity contribution >= 4 is 5.97 Å². The van der Waals surface area contributed by atoms with Gasteiger partial charge >= 0.3 is 5.97 Å². The first-order valence-corrected chi connectivity index (χ1v) is 6.30. The lowest BCUT2D eigenvalue weighted by Gasteiger charge is -2.15. The molecule has 2 rings (SSSR count). The summed E-state index contributed by atoms with van der Waals surface area (Å²) in [4.78, 5) is 11.0. The molecule has 1 atom stereocenters. The molecule has 3 nitrogen and oxygen atoms in total. The van der Waals surface area contributed by atoms with Gasteiger partial charge in [-0.15, -0.1) is 0 Å². The Hall–Kier alpha value is -2.36. The van der Waals surface area contributed by atoms with E-state index in [2.05, 4.69) is 0 Å². The Balaban J connectivity index is 2.21. The molecule has 0 spiro atoms. The summed E-state index contributed by atoms with van der Waals surface area (Å²) < 4.78 is 12.9. The summed E-state index contributed by atoms with van der Waals surface area (Å²) in [6.07, 6.45) is 0.505. The second-order valence-electron chi connectivity index (χ2n) is 4.72. The van der Waals surface area contributed by atoms with Crippen molar-refractivity contribution in [1.29, 1.82) is 0 Å². The molecule has 0 aliphatic rings. The summed E-state index contributed by atoms with van der Waals surface area (Å²) in [5.74, 6) is -1.28. The Morgan fingerprint density at radius 1 is 1.05 bits per heavy atom. The number of aromatic hydroxyl groups is 1. The Morgan fingerprint density at radius 3 is 2.20 bits per heavy atom. The fourth-order valence-electron chi connectivity index (χ4n) is 2.17. The summed E-state index contributed by atoms with van der Waals surface area (Å²) >= 11 is 0. The monoisotopic (exact) mass is 274 g/mol. The maximum atomic E-state index is 12.9. The van der Waals surface area contributed by atoms with E-state index in [-0.39, 0.29) is 23.9 Å². The maximum absolute atomic E-state index is 12.9. The molecule has 1 unspecified atom stereocenters. The Labute approximate surface area is 116 Å². The van der Waals surface area contributed by atoms with Crippen LogP contribution in [-0.4, -0.2) is 16.2 Å². The summed E-state index contributed by atoms with van der Waals surface area (Å²) in [6.45, 7) is 0. The Kier molecular flexibility index (Phi) is 4.35. The van der Waals surface area contributed by atoms with Gasteiger partial charge in [0.15, 0.2) is 0 Å². The highest BCUT2D eigenvalue weighted by Gasteiger charge is 2.16. The number of phenolic OH excluding ortho intramolecular Hbond substituents is 1. The second-order valence-corrected chi connectivity index (χ2v) is 4.72. The van der Waals surface area contributed by atoms with Gasteiger partial charge in [0.1, 0.15) is 11.6 Å². The molecular formula is C16H15FO3. The van der Waals surface area contributed by atoms with Crippen LogP contribution in [0.5, 0.6) is 5.75 Å². The smallest absolute Gasteiger partial charge is 0.303 e. The van der Waals surface area contributed by atoms with E-state index < -0.39 is 5.97 Å². The summed E-state index contributed by atoms with van der Waals surface area (Å²) in [6, 6.07) is 12.5. The fraction of sp³-hybridized carbons (Fsp3) is 0.188. The molecule has 0 heterocycles. The third kappa shape index (κ3) is 3.82. The van der Waals surface area contributed by atoms with Crippen LogP contribution in [0.25, 0.3) is 0 Å². The molecule has 2 N–H and O–H groups in total. The van der Waals surface area contributed by atoms with Gasteiger partial charge in [0.05, 0.1) is 6.42 Å². The molecule has 0 radical (unpaired) electrons. The predicted octanol–water partition coefficient (Wildman–Crippen LogP) is 3.33. The molecule has 0 saturated heterocycles. The molecule has 0 amide bonds. The molecule has 0 aromatic heterocycles. The van der Waals surface area contributed by atoms with Gasteiger partial charge in [-0.2, -0.15) is 0 Å².